The van der Waals surface area contributed by atoms with E-state index in [2.05, 4.69) is 29.4 Å². The van der Waals surface area contributed by atoms with Crippen LogP contribution in [0.25, 0.3) is 0 Å². The minimum absolute atomic E-state index is 0.0103. The number of ether oxygens (including phenoxy) is 1. The quantitative estimate of drug-likeness (QED) is 0.724. The van der Waals surface area contributed by atoms with Crippen LogP contribution in [0, 0.1) is 5.92 Å². The van der Waals surface area contributed by atoms with Gasteiger partial charge in [0.25, 0.3) is 0 Å². The first-order valence-corrected chi connectivity index (χ1v) is 7.34. The molecular formula is C14H27N3O2. The van der Waals surface area contributed by atoms with Crippen LogP contribution < -0.4 is 10.6 Å². The number of hydrogen-bond acceptors (Lipinski definition) is 4. The Labute approximate surface area is 116 Å². The summed E-state index contributed by atoms with van der Waals surface area (Å²) in [6.45, 7) is 11.4. The predicted molar refractivity (Wildman–Crippen MR) is 75.1 cm³/mol. The Morgan fingerprint density at radius 3 is 2.79 bits per heavy atom. The van der Waals surface area contributed by atoms with Gasteiger partial charge in [-0.05, 0) is 39.7 Å². The molecule has 0 aromatic carbocycles. The molecule has 2 fully saturated rings. The highest BCUT2D eigenvalue weighted by Gasteiger charge is 2.33. The lowest BCUT2D eigenvalue weighted by Gasteiger charge is -2.38. The van der Waals surface area contributed by atoms with E-state index in [4.69, 9.17) is 4.74 Å². The van der Waals surface area contributed by atoms with Crippen molar-refractivity contribution in [1.29, 1.82) is 0 Å². The second-order valence-corrected chi connectivity index (χ2v) is 6.39. The van der Waals surface area contributed by atoms with Crippen LogP contribution >= 0.6 is 0 Å². The number of nitrogens with zero attached hydrogens (tertiary/aromatic N) is 1. The molecule has 110 valence electrons. The Kier molecular flexibility index (Phi) is 4.81. The normalized spacial score (nSPS) is 26.4. The molecule has 0 saturated carbocycles. The van der Waals surface area contributed by atoms with Crippen LogP contribution in [0.3, 0.4) is 0 Å². The monoisotopic (exact) mass is 269 g/mol. The van der Waals surface area contributed by atoms with Crippen LogP contribution in [0.1, 0.15) is 27.2 Å². The van der Waals surface area contributed by atoms with Gasteiger partial charge in [0, 0.05) is 32.2 Å². The van der Waals surface area contributed by atoms with E-state index in [1.807, 2.05) is 6.92 Å². The summed E-state index contributed by atoms with van der Waals surface area (Å²) < 4.78 is 5.62. The fourth-order valence-corrected chi connectivity index (χ4v) is 2.63. The molecule has 0 aromatic rings. The molecule has 1 atom stereocenters. The van der Waals surface area contributed by atoms with E-state index in [0.29, 0.717) is 12.0 Å². The minimum Gasteiger partial charge on any atom is -0.363 e. The van der Waals surface area contributed by atoms with Gasteiger partial charge in [0.15, 0.2) is 0 Å². The van der Waals surface area contributed by atoms with Crippen molar-refractivity contribution in [2.24, 2.45) is 5.92 Å². The first kappa shape index (κ1) is 14.8. The van der Waals surface area contributed by atoms with Crippen molar-refractivity contribution in [2.75, 3.05) is 39.3 Å². The van der Waals surface area contributed by atoms with Crippen molar-refractivity contribution in [1.82, 2.24) is 15.5 Å². The molecule has 1 amide bonds. The highest BCUT2D eigenvalue weighted by molar-refractivity contribution is 5.77. The van der Waals surface area contributed by atoms with Gasteiger partial charge in [-0.25, -0.2) is 0 Å². The average molecular weight is 269 g/mol. The maximum atomic E-state index is 11.7. The highest BCUT2D eigenvalue weighted by atomic mass is 16.5. The third-order valence-corrected chi connectivity index (χ3v) is 4.19. The van der Waals surface area contributed by atoms with Gasteiger partial charge >= 0.3 is 0 Å². The fourth-order valence-electron chi connectivity index (χ4n) is 2.63. The van der Waals surface area contributed by atoms with E-state index in [1.54, 1.807) is 0 Å². The average Bonchev–Trinajstić information content (AvgIpc) is 2.80. The zero-order valence-electron chi connectivity index (χ0n) is 12.4. The molecule has 2 N–H and O–H groups in total. The van der Waals surface area contributed by atoms with Gasteiger partial charge < -0.3 is 20.3 Å². The van der Waals surface area contributed by atoms with Crippen molar-refractivity contribution < 1.29 is 9.53 Å². The van der Waals surface area contributed by atoms with E-state index >= 15 is 0 Å². The maximum Gasteiger partial charge on any atom is 0.246 e. The highest BCUT2D eigenvalue weighted by Crippen LogP contribution is 2.18. The van der Waals surface area contributed by atoms with Gasteiger partial charge in [0.1, 0.15) is 6.61 Å². The van der Waals surface area contributed by atoms with E-state index in [0.717, 1.165) is 32.7 Å². The Bertz CT molecular complexity index is 316. The molecule has 5 heteroatoms. The largest absolute Gasteiger partial charge is 0.363 e. The van der Waals surface area contributed by atoms with E-state index in [-0.39, 0.29) is 18.1 Å². The van der Waals surface area contributed by atoms with Crippen LogP contribution in [-0.4, -0.2) is 61.8 Å². The van der Waals surface area contributed by atoms with Crippen LogP contribution in [0.4, 0.5) is 0 Å². The van der Waals surface area contributed by atoms with Crippen molar-refractivity contribution in [2.45, 2.75) is 38.8 Å². The van der Waals surface area contributed by atoms with Gasteiger partial charge in [0.2, 0.25) is 5.91 Å². The second-order valence-electron chi connectivity index (χ2n) is 6.39. The van der Waals surface area contributed by atoms with E-state index < -0.39 is 0 Å². The molecule has 2 saturated heterocycles. The number of amides is 1. The summed E-state index contributed by atoms with van der Waals surface area (Å²) in [5.41, 5.74) is -0.140. The maximum absolute atomic E-state index is 11.7. The van der Waals surface area contributed by atoms with Gasteiger partial charge in [0.05, 0.1) is 5.60 Å². The Morgan fingerprint density at radius 2 is 2.26 bits per heavy atom. The van der Waals surface area contributed by atoms with Crippen LogP contribution in [0.2, 0.25) is 0 Å². The summed E-state index contributed by atoms with van der Waals surface area (Å²) >= 11 is 0. The zero-order chi connectivity index (χ0) is 13.9. The lowest BCUT2D eigenvalue weighted by Crippen LogP contribution is -2.59. The number of nitrogens with one attached hydrogen (secondary N) is 2. The van der Waals surface area contributed by atoms with Crippen LogP contribution in [-0.2, 0) is 9.53 Å². The van der Waals surface area contributed by atoms with E-state index in [9.17, 15) is 4.79 Å². The summed E-state index contributed by atoms with van der Waals surface area (Å²) in [6, 6.07) is 0.607. The number of likely N-dealkylation sites (tertiary alicyclic amines) is 1. The molecule has 0 aliphatic carbocycles. The van der Waals surface area contributed by atoms with Crippen molar-refractivity contribution >= 4 is 5.91 Å². The molecule has 0 radical (unpaired) electrons. The zero-order valence-corrected chi connectivity index (χ0v) is 12.4. The number of carbonyl (C=O) groups is 1. The fraction of sp³-hybridized carbons (Fsp3) is 0.929. The Balaban J connectivity index is 1.59. The summed E-state index contributed by atoms with van der Waals surface area (Å²) in [5.74, 6) is 0.600. The standard InChI is InChI=1S/C14H27N3O2/c1-11(2)17-5-4-12(7-17)6-16-13(18)8-19-14(3)9-15-10-14/h11-12,15H,4-10H2,1-3H3,(H,16,18). The molecule has 0 spiro atoms. The molecule has 1 unspecified atom stereocenters. The molecule has 2 heterocycles. The predicted octanol–water partition coefficient (Wildman–Crippen LogP) is 0.211. The minimum atomic E-state index is -0.140. The van der Waals surface area contributed by atoms with Crippen molar-refractivity contribution in [3.05, 3.63) is 0 Å². The third-order valence-electron chi connectivity index (χ3n) is 4.19. The SMILES string of the molecule is CC(C)N1CCC(CNC(=O)COC2(C)CNC2)C1. The van der Waals surface area contributed by atoms with Crippen LogP contribution in [0.5, 0.6) is 0 Å². The lowest BCUT2D eigenvalue weighted by molar-refractivity contribution is -0.136. The number of carbonyl (C=O) groups excluding carboxylic acids is 1. The summed E-state index contributed by atoms with van der Waals surface area (Å²) in [5, 5.41) is 6.15. The van der Waals surface area contributed by atoms with Gasteiger partial charge in [-0.3, -0.25) is 4.79 Å². The van der Waals surface area contributed by atoms with Gasteiger partial charge in [-0.15, -0.1) is 0 Å². The topological polar surface area (TPSA) is 53.6 Å². The molecule has 2 aliphatic heterocycles. The molecule has 19 heavy (non-hydrogen) atoms. The molecule has 5 nitrogen and oxygen atoms in total. The molecule has 0 bridgehead atoms. The lowest BCUT2D eigenvalue weighted by atomic mass is 10.0. The molecular weight excluding hydrogens is 242 g/mol. The third kappa shape index (κ3) is 4.16. The van der Waals surface area contributed by atoms with Crippen molar-refractivity contribution in [3.8, 4) is 0 Å². The Morgan fingerprint density at radius 1 is 1.53 bits per heavy atom. The van der Waals surface area contributed by atoms with Gasteiger partial charge in [-0.2, -0.15) is 0 Å². The number of rotatable bonds is 6. The Hall–Kier alpha value is -0.650. The first-order valence-electron chi connectivity index (χ1n) is 7.34. The summed E-state index contributed by atoms with van der Waals surface area (Å²) in [4.78, 5) is 14.2. The first-order chi connectivity index (χ1) is 8.98. The van der Waals surface area contributed by atoms with E-state index in [1.165, 1.54) is 6.42 Å². The number of hydrogen-bond donors (Lipinski definition) is 2. The van der Waals surface area contributed by atoms with Crippen LogP contribution in [0.15, 0.2) is 0 Å². The smallest absolute Gasteiger partial charge is 0.246 e. The van der Waals surface area contributed by atoms with Gasteiger partial charge in [-0.1, -0.05) is 0 Å². The second kappa shape index (κ2) is 6.20. The molecule has 0 aromatic heterocycles. The van der Waals surface area contributed by atoms with Crippen molar-refractivity contribution in [3.63, 3.8) is 0 Å². The molecule has 2 aliphatic rings. The summed E-state index contributed by atoms with van der Waals surface area (Å²) in [7, 11) is 0. The summed E-state index contributed by atoms with van der Waals surface area (Å²) in [6.07, 6.45) is 1.18. The molecule has 2 rings (SSSR count).